The number of rotatable bonds is 7. The third-order valence-corrected chi connectivity index (χ3v) is 11.5. The summed E-state index contributed by atoms with van der Waals surface area (Å²) in [6, 6.07) is 0. The largest absolute Gasteiger partial charge is 0.467 e. The number of ether oxygens (including phenoxy) is 1. The number of allylic oxidation sites excluding steroid dienone is 1. The maximum atomic E-state index is 13.2. The first kappa shape index (κ1) is 25.9. The number of methoxy groups -OCH3 is 1. The molecule has 3 fully saturated rings. The first-order valence-electron chi connectivity index (χ1n) is 14.0. The minimum Gasteiger partial charge on any atom is -0.467 e. The van der Waals surface area contributed by atoms with Gasteiger partial charge in [0, 0.05) is 17.4 Å². The van der Waals surface area contributed by atoms with Crippen molar-refractivity contribution in [2.45, 2.75) is 105 Å². The summed E-state index contributed by atoms with van der Waals surface area (Å²) in [5, 5.41) is 11.1. The van der Waals surface area contributed by atoms with Crippen molar-refractivity contribution >= 4 is 11.8 Å². The SMILES string of the molecule is CCC(CCC(C)C1CCC2C3CC=C4C(=O)[C@](O)(C(=O)OC)C[C@]4(C)C3CC[C@]12C)C(C)C. The Kier molecular flexibility index (Phi) is 6.90. The molecule has 0 radical (unpaired) electrons. The van der Waals surface area contributed by atoms with E-state index in [1.807, 2.05) is 0 Å². The van der Waals surface area contributed by atoms with Crippen LogP contribution in [0.1, 0.15) is 99.3 Å². The number of aliphatic hydroxyl groups is 1. The van der Waals surface area contributed by atoms with Gasteiger partial charge >= 0.3 is 5.97 Å². The molecule has 0 saturated heterocycles. The molecule has 0 aliphatic heterocycles. The molecular weight excluding hydrogens is 424 g/mol. The summed E-state index contributed by atoms with van der Waals surface area (Å²) >= 11 is 0. The maximum Gasteiger partial charge on any atom is 0.346 e. The van der Waals surface area contributed by atoms with Crippen LogP contribution in [0.4, 0.5) is 0 Å². The van der Waals surface area contributed by atoms with E-state index in [0.717, 1.165) is 36.5 Å². The first-order chi connectivity index (χ1) is 15.9. The van der Waals surface area contributed by atoms with Crippen molar-refractivity contribution in [3.63, 3.8) is 0 Å². The molecular formula is C30H48O4. The molecule has 0 spiro atoms. The lowest BCUT2D eigenvalue weighted by molar-refractivity contribution is -0.166. The van der Waals surface area contributed by atoms with Gasteiger partial charge in [0.2, 0.25) is 11.4 Å². The summed E-state index contributed by atoms with van der Waals surface area (Å²) in [5.74, 6) is 3.47. The van der Waals surface area contributed by atoms with Crippen molar-refractivity contribution in [2.24, 2.45) is 52.3 Å². The highest BCUT2D eigenvalue weighted by Crippen LogP contribution is 2.68. The zero-order chi connectivity index (χ0) is 25.1. The molecule has 3 saturated carbocycles. The zero-order valence-electron chi connectivity index (χ0n) is 22.7. The van der Waals surface area contributed by atoms with Gasteiger partial charge in [-0.2, -0.15) is 0 Å². The van der Waals surface area contributed by atoms with Gasteiger partial charge in [0.15, 0.2) is 0 Å². The molecule has 0 heterocycles. The number of esters is 1. The summed E-state index contributed by atoms with van der Waals surface area (Å²) in [6.45, 7) is 14.3. The summed E-state index contributed by atoms with van der Waals surface area (Å²) < 4.78 is 4.85. The zero-order valence-corrected chi connectivity index (χ0v) is 22.7. The monoisotopic (exact) mass is 472 g/mol. The standard InChI is InChI=1S/C30H48O4/c1-8-20(18(2)3)10-9-19(4)22-13-14-23-21-11-12-25-26(31)30(33,27(32)34-7)17-29(25,6)24(21)15-16-28(22,23)5/h12,18-24,33H,8-11,13-17H2,1-7H3/t19?,20?,21?,22?,23?,24?,28-,29-,30+/m1/s1. The van der Waals surface area contributed by atoms with Gasteiger partial charge in [0.25, 0.3) is 0 Å². The molecule has 0 aromatic carbocycles. The summed E-state index contributed by atoms with van der Waals surface area (Å²) in [6.07, 6.45) is 12.0. The Balaban J connectivity index is 1.53. The molecule has 9 atom stereocenters. The van der Waals surface area contributed by atoms with Crippen LogP contribution in [0, 0.1) is 52.3 Å². The molecule has 6 unspecified atom stereocenters. The van der Waals surface area contributed by atoms with Crippen LogP contribution in [0.15, 0.2) is 11.6 Å². The number of Topliss-reactive ketones (excluding diaryl/α,β-unsaturated/α-hetero) is 1. The van der Waals surface area contributed by atoms with Crippen molar-refractivity contribution < 1.29 is 19.4 Å². The molecule has 4 aliphatic carbocycles. The Morgan fingerprint density at radius 1 is 1.15 bits per heavy atom. The molecule has 0 bridgehead atoms. The number of hydrogen-bond donors (Lipinski definition) is 1. The Morgan fingerprint density at radius 2 is 1.85 bits per heavy atom. The van der Waals surface area contributed by atoms with E-state index in [2.05, 4.69) is 47.6 Å². The van der Waals surface area contributed by atoms with Crippen LogP contribution in [-0.2, 0) is 14.3 Å². The molecule has 0 aromatic rings. The molecule has 192 valence electrons. The molecule has 0 amide bonds. The Hall–Kier alpha value is -1.16. The highest BCUT2D eigenvalue weighted by atomic mass is 16.5. The van der Waals surface area contributed by atoms with Crippen LogP contribution in [0.2, 0.25) is 0 Å². The van der Waals surface area contributed by atoms with Gasteiger partial charge in [-0.25, -0.2) is 4.79 Å². The number of fused-ring (bicyclic) bond motifs is 5. The lowest BCUT2D eigenvalue weighted by Gasteiger charge is -2.55. The smallest absolute Gasteiger partial charge is 0.346 e. The van der Waals surface area contributed by atoms with Crippen molar-refractivity contribution in [2.75, 3.05) is 7.11 Å². The van der Waals surface area contributed by atoms with Crippen LogP contribution in [0.25, 0.3) is 0 Å². The second-order valence-corrected chi connectivity index (χ2v) is 13.2. The van der Waals surface area contributed by atoms with Crippen molar-refractivity contribution in [1.82, 2.24) is 0 Å². The van der Waals surface area contributed by atoms with E-state index < -0.39 is 22.8 Å². The lowest BCUT2D eigenvalue weighted by atomic mass is 9.49. The van der Waals surface area contributed by atoms with Crippen LogP contribution in [0.3, 0.4) is 0 Å². The molecule has 4 aliphatic rings. The highest BCUT2D eigenvalue weighted by Gasteiger charge is 2.67. The van der Waals surface area contributed by atoms with Gasteiger partial charge in [0.1, 0.15) is 0 Å². The van der Waals surface area contributed by atoms with Crippen molar-refractivity contribution in [3.8, 4) is 0 Å². The van der Waals surface area contributed by atoms with Gasteiger partial charge in [-0.3, -0.25) is 4.79 Å². The van der Waals surface area contributed by atoms with E-state index in [1.54, 1.807) is 0 Å². The van der Waals surface area contributed by atoms with Gasteiger partial charge < -0.3 is 9.84 Å². The van der Waals surface area contributed by atoms with E-state index in [9.17, 15) is 14.7 Å². The molecule has 0 aromatic heterocycles. The average molecular weight is 473 g/mol. The minimum atomic E-state index is -2.01. The number of carbonyl (C=O) groups excluding carboxylic acids is 2. The Bertz CT molecular complexity index is 845. The topological polar surface area (TPSA) is 63.6 Å². The van der Waals surface area contributed by atoms with E-state index in [4.69, 9.17) is 4.74 Å². The summed E-state index contributed by atoms with van der Waals surface area (Å²) in [7, 11) is 1.25. The van der Waals surface area contributed by atoms with Crippen LogP contribution < -0.4 is 0 Å². The van der Waals surface area contributed by atoms with Crippen molar-refractivity contribution in [3.05, 3.63) is 11.6 Å². The predicted octanol–water partition coefficient (Wildman–Crippen LogP) is 6.36. The fourth-order valence-corrected chi connectivity index (χ4v) is 9.50. The summed E-state index contributed by atoms with van der Waals surface area (Å²) in [5.41, 5.74) is -1.39. The van der Waals surface area contributed by atoms with Crippen LogP contribution >= 0.6 is 0 Å². The van der Waals surface area contributed by atoms with Crippen LogP contribution in [-0.4, -0.2) is 29.6 Å². The highest BCUT2D eigenvalue weighted by molar-refractivity contribution is 6.18. The Morgan fingerprint density at radius 3 is 2.47 bits per heavy atom. The average Bonchev–Trinajstić information content (AvgIpc) is 3.25. The van der Waals surface area contributed by atoms with Gasteiger partial charge in [0.05, 0.1) is 7.11 Å². The molecule has 4 rings (SSSR count). The fourth-order valence-electron chi connectivity index (χ4n) is 9.50. The van der Waals surface area contributed by atoms with E-state index in [-0.39, 0.29) is 6.42 Å². The van der Waals surface area contributed by atoms with Crippen molar-refractivity contribution in [1.29, 1.82) is 0 Å². The molecule has 4 heteroatoms. The molecule has 34 heavy (non-hydrogen) atoms. The van der Waals surface area contributed by atoms with Gasteiger partial charge in [-0.15, -0.1) is 0 Å². The lowest BCUT2D eigenvalue weighted by Crippen LogP contribution is -2.49. The van der Waals surface area contributed by atoms with E-state index in [1.165, 1.54) is 45.6 Å². The van der Waals surface area contributed by atoms with E-state index in [0.29, 0.717) is 28.7 Å². The normalized spacial score (nSPS) is 43.1. The molecule has 4 nitrogen and oxygen atoms in total. The first-order valence-corrected chi connectivity index (χ1v) is 14.0. The van der Waals surface area contributed by atoms with Gasteiger partial charge in [-0.1, -0.05) is 60.5 Å². The second-order valence-electron chi connectivity index (χ2n) is 13.2. The quantitative estimate of drug-likeness (QED) is 0.346. The number of ketones is 1. The van der Waals surface area contributed by atoms with Gasteiger partial charge in [-0.05, 0) is 85.4 Å². The predicted molar refractivity (Wildman–Crippen MR) is 135 cm³/mol. The fraction of sp³-hybridized carbons (Fsp3) is 0.867. The Labute approximate surface area is 207 Å². The van der Waals surface area contributed by atoms with E-state index >= 15 is 0 Å². The minimum absolute atomic E-state index is 0.176. The third-order valence-electron chi connectivity index (χ3n) is 11.5. The second kappa shape index (κ2) is 9.05. The van der Waals surface area contributed by atoms with Crippen LogP contribution in [0.5, 0.6) is 0 Å². The number of hydrogen-bond acceptors (Lipinski definition) is 4. The third kappa shape index (κ3) is 3.73. The number of carbonyl (C=O) groups is 2. The molecule has 1 N–H and O–H groups in total. The maximum absolute atomic E-state index is 13.2. The summed E-state index contributed by atoms with van der Waals surface area (Å²) in [4.78, 5) is 25.6.